The average molecular weight is 280 g/mol. The van der Waals surface area contributed by atoms with E-state index < -0.39 is 6.10 Å². The number of para-hydroxylation sites is 1. The van der Waals surface area contributed by atoms with Crippen molar-refractivity contribution < 1.29 is 19.4 Å². The van der Waals surface area contributed by atoms with E-state index in [1.165, 1.54) is 0 Å². The van der Waals surface area contributed by atoms with Crippen molar-refractivity contribution in [2.75, 3.05) is 13.2 Å². The van der Waals surface area contributed by atoms with Crippen LogP contribution in [0.4, 0.5) is 0 Å². The SMILES string of the molecule is NNC(=O)C1CCC(COc2ccccc2CCO)O1. The second kappa shape index (κ2) is 7.23. The molecule has 0 spiro atoms. The van der Waals surface area contributed by atoms with Gasteiger partial charge in [-0.1, -0.05) is 18.2 Å². The second-order valence-corrected chi connectivity index (χ2v) is 4.73. The van der Waals surface area contributed by atoms with Gasteiger partial charge in [0.2, 0.25) is 0 Å². The van der Waals surface area contributed by atoms with Gasteiger partial charge < -0.3 is 14.6 Å². The first-order chi connectivity index (χ1) is 9.74. The van der Waals surface area contributed by atoms with E-state index in [1.807, 2.05) is 24.3 Å². The molecule has 1 aliphatic rings. The van der Waals surface area contributed by atoms with Crippen molar-refractivity contribution in [1.82, 2.24) is 5.43 Å². The Morgan fingerprint density at radius 2 is 2.25 bits per heavy atom. The maximum absolute atomic E-state index is 11.3. The largest absolute Gasteiger partial charge is 0.491 e. The third-order valence-corrected chi connectivity index (χ3v) is 3.32. The van der Waals surface area contributed by atoms with Crippen molar-refractivity contribution in [3.63, 3.8) is 0 Å². The van der Waals surface area contributed by atoms with Gasteiger partial charge in [-0.3, -0.25) is 10.2 Å². The van der Waals surface area contributed by atoms with Crippen molar-refractivity contribution in [1.29, 1.82) is 0 Å². The molecule has 0 aliphatic carbocycles. The number of aliphatic hydroxyl groups excluding tert-OH is 1. The van der Waals surface area contributed by atoms with Crippen LogP contribution in [0.15, 0.2) is 24.3 Å². The van der Waals surface area contributed by atoms with Gasteiger partial charge in [-0.25, -0.2) is 5.84 Å². The summed E-state index contributed by atoms with van der Waals surface area (Å²) < 4.78 is 11.3. The molecule has 0 bridgehead atoms. The quantitative estimate of drug-likeness (QED) is 0.391. The van der Waals surface area contributed by atoms with E-state index in [1.54, 1.807) is 0 Å². The predicted octanol–water partition coefficient (Wildman–Crippen LogP) is 0.138. The van der Waals surface area contributed by atoms with E-state index in [0.29, 0.717) is 19.4 Å². The van der Waals surface area contributed by atoms with Crippen LogP contribution in [0.3, 0.4) is 0 Å². The fourth-order valence-corrected chi connectivity index (χ4v) is 2.27. The third-order valence-electron chi connectivity index (χ3n) is 3.32. The van der Waals surface area contributed by atoms with Crippen LogP contribution in [-0.2, 0) is 16.0 Å². The van der Waals surface area contributed by atoms with E-state index in [-0.39, 0.29) is 18.6 Å². The molecule has 6 heteroatoms. The second-order valence-electron chi connectivity index (χ2n) is 4.73. The van der Waals surface area contributed by atoms with E-state index in [4.69, 9.17) is 20.4 Å². The molecule has 2 unspecified atom stereocenters. The first-order valence-electron chi connectivity index (χ1n) is 6.72. The smallest absolute Gasteiger partial charge is 0.263 e. The minimum Gasteiger partial charge on any atom is -0.491 e. The molecule has 6 nitrogen and oxygen atoms in total. The molecule has 2 atom stereocenters. The number of nitrogens with two attached hydrogens (primary N) is 1. The van der Waals surface area contributed by atoms with Gasteiger partial charge in [0.1, 0.15) is 18.5 Å². The molecular weight excluding hydrogens is 260 g/mol. The van der Waals surface area contributed by atoms with Crippen LogP contribution in [0, 0.1) is 0 Å². The number of amides is 1. The zero-order chi connectivity index (χ0) is 14.4. The molecule has 1 aliphatic heterocycles. The molecule has 0 radical (unpaired) electrons. The molecule has 20 heavy (non-hydrogen) atoms. The number of carbonyl (C=O) groups excluding carboxylic acids is 1. The molecule has 1 aromatic carbocycles. The Balaban J connectivity index is 1.86. The fourth-order valence-electron chi connectivity index (χ4n) is 2.27. The molecule has 2 rings (SSSR count). The van der Waals surface area contributed by atoms with Gasteiger partial charge in [-0.2, -0.15) is 0 Å². The Hall–Kier alpha value is -1.63. The highest BCUT2D eigenvalue weighted by molar-refractivity contribution is 5.80. The molecule has 1 aromatic rings. The minimum atomic E-state index is -0.485. The summed E-state index contributed by atoms with van der Waals surface area (Å²) in [4.78, 5) is 11.3. The molecule has 0 aromatic heterocycles. The van der Waals surface area contributed by atoms with Gasteiger partial charge in [0, 0.05) is 6.61 Å². The van der Waals surface area contributed by atoms with Gasteiger partial charge in [-0.15, -0.1) is 0 Å². The van der Waals surface area contributed by atoms with E-state index in [0.717, 1.165) is 17.7 Å². The lowest BCUT2D eigenvalue weighted by atomic mass is 10.1. The summed E-state index contributed by atoms with van der Waals surface area (Å²) in [5.41, 5.74) is 3.06. The van der Waals surface area contributed by atoms with Crippen molar-refractivity contribution in [3.05, 3.63) is 29.8 Å². The van der Waals surface area contributed by atoms with Crippen molar-refractivity contribution in [3.8, 4) is 5.75 Å². The molecule has 4 N–H and O–H groups in total. The summed E-state index contributed by atoms with van der Waals surface area (Å²) in [6, 6.07) is 7.58. The van der Waals surface area contributed by atoms with Gasteiger partial charge in [0.25, 0.3) is 5.91 Å². The monoisotopic (exact) mass is 280 g/mol. The topological polar surface area (TPSA) is 93.8 Å². The lowest BCUT2D eigenvalue weighted by molar-refractivity contribution is -0.132. The van der Waals surface area contributed by atoms with Gasteiger partial charge in [0.15, 0.2) is 0 Å². The summed E-state index contributed by atoms with van der Waals surface area (Å²) in [5, 5.41) is 9.01. The van der Waals surface area contributed by atoms with Gasteiger partial charge in [-0.05, 0) is 30.9 Å². The van der Waals surface area contributed by atoms with Crippen LogP contribution in [-0.4, -0.2) is 36.4 Å². The van der Waals surface area contributed by atoms with Crippen LogP contribution in [0.25, 0.3) is 0 Å². The highest BCUT2D eigenvalue weighted by atomic mass is 16.5. The maximum atomic E-state index is 11.3. The standard InChI is InChI=1S/C14H20N2O4/c15-16-14(18)13-6-5-11(20-13)9-19-12-4-2-1-3-10(12)7-8-17/h1-4,11,13,17H,5-9,15H2,(H,16,18). The Labute approximate surface area is 117 Å². The zero-order valence-corrected chi connectivity index (χ0v) is 11.2. The number of rotatable bonds is 6. The van der Waals surface area contributed by atoms with Crippen LogP contribution in [0.1, 0.15) is 18.4 Å². The number of hydrogen-bond acceptors (Lipinski definition) is 5. The predicted molar refractivity (Wildman–Crippen MR) is 73.0 cm³/mol. The number of nitrogens with one attached hydrogen (secondary N) is 1. The van der Waals surface area contributed by atoms with Crippen LogP contribution < -0.4 is 16.0 Å². The summed E-state index contributed by atoms with van der Waals surface area (Å²) in [7, 11) is 0. The van der Waals surface area contributed by atoms with Crippen molar-refractivity contribution >= 4 is 5.91 Å². The highest BCUT2D eigenvalue weighted by Crippen LogP contribution is 2.23. The molecule has 1 heterocycles. The summed E-state index contributed by atoms with van der Waals surface area (Å²) in [6.45, 7) is 0.468. The molecule has 1 fully saturated rings. The van der Waals surface area contributed by atoms with E-state index >= 15 is 0 Å². The van der Waals surface area contributed by atoms with Crippen LogP contribution in [0.5, 0.6) is 5.75 Å². The van der Waals surface area contributed by atoms with Crippen molar-refractivity contribution in [2.24, 2.45) is 5.84 Å². The fraction of sp³-hybridized carbons (Fsp3) is 0.500. The number of ether oxygens (including phenoxy) is 2. The van der Waals surface area contributed by atoms with E-state index in [2.05, 4.69) is 5.43 Å². The molecule has 1 amide bonds. The van der Waals surface area contributed by atoms with Gasteiger partial charge >= 0.3 is 0 Å². The first-order valence-corrected chi connectivity index (χ1v) is 6.72. The molecule has 110 valence electrons. The lowest BCUT2D eigenvalue weighted by Gasteiger charge is -2.15. The Kier molecular flexibility index (Phi) is 5.34. The third kappa shape index (κ3) is 3.69. The normalized spacial score (nSPS) is 21.7. The Bertz CT molecular complexity index is 453. The molecular formula is C14H20N2O4. The average Bonchev–Trinajstić information content (AvgIpc) is 2.95. The zero-order valence-electron chi connectivity index (χ0n) is 11.2. The summed E-state index contributed by atoms with van der Waals surface area (Å²) in [5.74, 6) is 5.53. The summed E-state index contributed by atoms with van der Waals surface area (Å²) in [6.07, 6.45) is 1.37. The molecule has 1 saturated heterocycles. The van der Waals surface area contributed by atoms with Crippen LogP contribution in [0.2, 0.25) is 0 Å². The van der Waals surface area contributed by atoms with Crippen LogP contribution >= 0.6 is 0 Å². The van der Waals surface area contributed by atoms with Gasteiger partial charge in [0.05, 0.1) is 6.10 Å². The van der Waals surface area contributed by atoms with Crippen molar-refractivity contribution in [2.45, 2.75) is 31.5 Å². The Morgan fingerprint density at radius 3 is 3.00 bits per heavy atom. The number of carbonyl (C=O) groups is 1. The number of hydrazine groups is 1. The number of aliphatic hydroxyl groups is 1. The highest BCUT2D eigenvalue weighted by Gasteiger charge is 2.30. The number of hydrogen-bond donors (Lipinski definition) is 3. The molecule has 0 saturated carbocycles. The lowest BCUT2D eigenvalue weighted by Crippen LogP contribution is -2.39. The minimum absolute atomic E-state index is 0.0824. The number of benzene rings is 1. The Morgan fingerprint density at radius 1 is 1.45 bits per heavy atom. The maximum Gasteiger partial charge on any atom is 0.263 e. The first kappa shape index (κ1) is 14.8. The summed E-state index contributed by atoms with van der Waals surface area (Å²) >= 11 is 0. The van der Waals surface area contributed by atoms with E-state index in [9.17, 15) is 4.79 Å².